The Balaban J connectivity index is 1.83. The lowest BCUT2D eigenvalue weighted by Crippen LogP contribution is -2.45. The minimum absolute atomic E-state index is 0.0823. The largest absolute Gasteiger partial charge is 0.356 e. The van der Waals surface area contributed by atoms with Crippen molar-refractivity contribution in [3.8, 4) is 0 Å². The highest BCUT2D eigenvalue weighted by Gasteiger charge is 2.35. The third-order valence-corrected chi connectivity index (χ3v) is 5.43. The van der Waals surface area contributed by atoms with Gasteiger partial charge >= 0.3 is 0 Å². The fraction of sp³-hybridized carbons (Fsp3) is 0.619. The van der Waals surface area contributed by atoms with E-state index in [9.17, 15) is 4.79 Å². The molecule has 1 aromatic rings. The molecule has 1 saturated carbocycles. The van der Waals surface area contributed by atoms with E-state index in [4.69, 9.17) is 0 Å². The average Bonchev–Trinajstić information content (AvgIpc) is 3.15. The molecule has 1 unspecified atom stereocenters. The minimum atomic E-state index is 0.0823. The van der Waals surface area contributed by atoms with E-state index in [0.29, 0.717) is 13.0 Å². The summed E-state index contributed by atoms with van der Waals surface area (Å²) < 4.78 is 0. The van der Waals surface area contributed by atoms with Crippen LogP contribution in [0.3, 0.4) is 0 Å². The van der Waals surface area contributed by atoms with E-state index in [1.54, 1.807) is 7.05 Å². The Morgan fingerprint density at radius 2 is 1.88 bits per heavy atom. The minimum Gasteiger partial charge on any atom is -0.356 e. The molecule has 1 amide bonds. The molecule has 0 bridgehead atoms. The van der Waals surface area contributed by atoms with Crippen molar-refractivity contribution in [2.75, 3.05) is 20.1 Å². The first-order valence-electron chi connectivity index (χ1n) is 9.89. The van der Waals surface area contributed by atoms with Gasteiger partial charge in [0.15, 0.2) is 5.96 Å². The molecule has 3 N–H and O–H groups in total. The van der Waals surface area contributed by atoms with Gasteiger partial charge in [-0.15, -0.1) is 0 Å². The van der Waals surface area contributed by atoms with Crippen LogP contribution in [0.2, 0.25) is 0 Å². The Labute approximate surface area is 158 Å². The molecule has 0 saturated heterocycles. The van der Waals surface area contributed by atoms with Gasteiger partial charge in [0.25, 0.3) is 0 Å². The van der Waals surface area contributed by atoms with Crippen molar-refractivity contribution in [2.24, 2.45) is 4.99 Å². The van der Waals surface area contributed by atoms with E-state index in [2.05, 4.69) is 58.2 Å². The quantitative estimate of drug-likeness (QED) is 0.494. The van der Waals surface area contributed by atoms with Gasteiger partial charge in [-0.05, 0) is 31.7 Å². The molecule has 2 rings (SSSR count). The SMILES string of the molecule is CCC(C)NC(=O)CCNC(=NC)NCC1(c2ccccc2)CCCC1. The number of nitrogens with zero attached hydrogens (tertiary/aromatic N) is 1. The number of amides is 1. The zero-order valence-electron chi connectivity index (χ0n) is 16.5. The second-order valence-electron chi connectivity index (χ2n) is 7.33. The molecule has 1 fully saturated rings. The molecule has 1 aliphatic carbocycles. The van der Waals surface area contributed by atoms with Crippen molar-refractivity contribution in [2.45, 2.75) is 63.8 Å². The number of hydrogen-bond acceptors (Lipinski definition) is 2. The monoisotopic (exact) mass is 358 g/mol. The van der Waals surface area contributed by atoms with E-state index < -0.39 is 0 Å². The Morgan fingerprint density at radius 1 is 1.19 bits per heavy atom. The highest BCUT2D eigenvalue weighted by atomic mass is 16.1. The van der Waals surface area contributed by atoms with Gasteiger partial charge in [-0.3, -0.25) is 9.79 Å². The van der Waals surface area contributed by atoms with Crippen LogP contribution in [0, 0.1) is 0 Å². The van der Waals surface area contributed by atoms with Gasteiger partial charge in [0.2, 0.25) is 5.91 Å². The summed E-state index contributed by atoms with van der Waals surface area (Å²) in [5, 5.41) is 9.73. The number of carbonyl (C=O) groups is 1. The molecule has 1 aromatic carbocycles. The van der Waals surface area contributed by atoms with Crippen LogP contribution in [-0.2, 0) is 10.2 Å². The fourth-order valence-electron chi connectivity index (χ4n) is 3.63. The van der Waals surface area contributed by atoms with Gasteiger partial charge in [0.1, 0.15) is 0 Å². The molecule has 0 aromatic heterocycles. The third kappa shape index (κ3) is 5.75. The molecule has 0 heterocycles. The maximum Gasteiger partial charge on any atom is 0.221 e. The van der Waals surface area contributed by atoms with Crippen LogP contribution in [0.4, 0.5) is 0 Å². The number of rotatable bonds is 8. The maximum absolute atomic E-state index is 11.9. The number of benzene rings is 1. The van der Waals surface area contributed by atoms with Crippen molar-refractivity contribution < 1.29 is 4.79 Å². The van der Waals surface area contributed by atoms with Gasteiger partial charge in [-0.1, -0.05) is 50.1 Å². The van der Waals surface area contributed by atoms with Gasteiger partial charge in [0.05, 0.1) is 0 Å². The summed E-state index contributed by atoms with van der Waals surface area (Å²) >= 11 is 0. The first-order valence-corrected chi connectivity index (χ1v) is 9.89. The van der Waals surface area contributed by atoms with Crippen LogP contribution in [-0.4, -0.2) is 38.0 Å². The molecule has 0 aliphatic heterocycles. The molecule has 1 aliphatic rings. The summed E-state index contributed by atoms with van der Waals surface area (Å²) in [5.74, 6) is 0.849. The molecule has 26 heavy (non-hydrogen) atoms. The number of carbonyl (C=O) groups excluding carboxylic acids is 1. The lowest BCUT2D eigenvalue weighted by molar-refractivity contribution is -0.121. The van der Waals surface area contributed by atoms with Gasteiger partial charge in [0, 0.05) is 38.0 Å². The number of hydrogen-bond donors (Lipinski definition) is 3. The topological polar surface area (TPSA) is 65.5 Å². The summed E-state index contributed by atoms with van der Waals surface area (Å²) in [7, 11) is 1.78. The molecular formula is C21H34N4O. The number of nitrogens with one attached hydrogen (secondary N) is 3. The van der Waals surface area contributed by atoms with E-state index in [1.807, 2.05) is 6.92 Å². The van der Waals surface area contributed by atoms with Crippen molar-refractivity contribution in [3.63, 3.8) is 0 Å². The zero-order valence-corrected chi connectivity index (χ0v) is 16.5. The second-order valence-corrected chi connectivity index (χ2v) is 7.33. The first kappa shape index (κ1) is 20.3. The lowest BCUT2D eigenvalue weighted by atomic mass is 9.79. The fourth-order valence-corrected chi connectivity index (χ4v) is 3.63. The van der Waals surface area contributed by atoms with E-state index >= 15 is 0 Å². The average molecular weight is 359 g/mol. The molecular weight excluding hydrogens is 324 g/mol. The second kappa shape index (κ2) is 10.2. The summed E-state index contributed by atoms with van der Waals surface area (Å²) in [6.45, 7) is 5.55. The molecule has 0 spiro atoms. The predicted molar refractivity (Wildman–Crippen MR) is 108 cm³/mol. The maximum atomic E-state index is 11.9. The highest BCUT2D eigenvalue weighted by Crippen LogP contribution is 2.40. The van der Waals surface area contributed by atoms with E-state index in [0.717, 1.165) is 18.9 Å². The molecule has 144 valence electrons. The highest BCUT2D eigenvalue weighted by molar-refractivity contribution is 5.81. The van der Waals surface area contributed by atoms with Crippen LogP contribution in [0.15, 0.2) is 35.3 Å². The van der Waals surface area contributed by atoms with Crippen molar-refractivity contribution >= 4 is 11.9 Å². The van der Waals surface area contributed by atoms with Crippen molar-refractivity contribution in [3.05, 3.63) is 35.9 Å². The Morgan fingerprint density at radius 3 is 2.50 bits per heavy atom. The summed E-state index contributed by atoms with van der Waals surface area (Å²) in [6.07, 6.45) is 6.37. The van der Waals surface area contributed by atoms with Crippen LogP contribution in [0.5, 0.6) is 0 Å². The number of aliphatic imine (C=N–C) groups is 1. The van der Waals surface area contributed by atoms with Crippen LogP contribution in [0.25, 0.3) is 0 Å². The first-order chi connectivity index (χ1) is 12.6. The van der Waals surface area contributed by atoms with Crippen LogP contribution < -0.4 is 16.0 Å². The zero-order chi connectivity index (χ0) is 18.8. The van der Waals surface area contributed by atoms with Crippen molar-refractivity contribution in [1.29, 1.82) is 0 Å². The Bertz CT molecular complexity index is 579. The molecule has 1 atom stereocenters. The standard InChI is InChI=1S/C21H34N4O/c1-4-17(2)25-19(26)12-15-23-20(22-3)24-16-21(13-8-9-14-21)18-10-6-5-7-11-18/h5-7,10-11,17H,4,8-9,12-16H2,1-3H3,(H,25,26)(H2,22,23,24). The molecule has 0 radical (unpaired) electrons. The van der Waals surface area contributed by atoms with E-state index in [1.165, 1.54) is 31.2 Å². The Kier molecular flexibility index (Phi) is 7.95. The van der Waals surface area contributed by atoms with E-state index in [-0.39, 0.29) is 17.4 Å². The lowest BCUT2D eigenvalue weighted by Gasteiger charge is -2.30. The summed E-state index contributed by atoms with van der Waals surface area (Å²) in [5.41, 5.74) is 1.60. The third-order valence-electron chi connectivity index (χ3n) is 5.43. The van der Waals surface area contributed by atoms with Crippen LogP contribution in [0.1, 0.15) is 57.9 Å². The summed E-state index contributed by atoms with van der Waals surface area (Å²) in [6, 6.07) is 11.0. The van der Waals surface area contributed by atoms with Crippen LogP contribution >= 0.6 is 0 Å². The van der Waals surface area contributed by atoms with Gasteiger partial charge in [-0.2, -0.15) is 0 Å². The molecule has 5 nitrogen and oxygen atoms in total. The van der Waals surface area contributed by atoms with Crippen molar-refractivity contribution in [1.82, 2.24) is 16.0 Å². The smallest absolute Gasteiger partial charge is 0.221 e. The number of guanidine groups is 1. The van der Waals surface area contributed by atoms with Gasteiger partial charge in [-0.25, -0.2) is 0 Å². The summed E-state index contributed by atoms with van der Waals surface area (Å²) in [4.78, 5) is 16.2. The predicted octanol–water partition coefficient (Wildman–Crippen LogP) is 2.97. The Hall–Kier alpha value is -2.04. The van der Waals surface area contributed by atoms with Gasteiger partial charge < -0.3 is 16.0 Å². The molecule has 5 heteroatoms. The normalized spacial score (nSPS) is 17.6.